The summed E-state index contributed by atoms with van der Waals surface area (Å²) < 4.78 is 0. The van der Waals surface area contributed by atoms with Gasteiger partial charge in [0, 0.05) is 30.7 Å². The van der Waals surface area contributed by atoms with Crippen molar-refractivity contribution in [3.63, 3.8) is 0 Å². The van der Waals surface area contributed by atoms with Crippen LogP contribution in [0, 0.1) is 5.92 Å². The Morgan fingerprint density at radius 3 is 3.29 bits per heavy atom. The molecule has 4 heteroatoms. The van der Waals surface area contributed by atoms with Crippen molar-refractivity contribution >= 4 is 16.5 Å². The Labute approximate surface area is 88.1 Å². The van der Waals surface area contributed by atoms with Crippen molar-refractivity contribution in [1.29, 1.82) is 0 Å². The molecule has 2 saturated heterocycles. The molecule has 0 radical (unpaired) electrons. The maximum Gasteiger partial charge on any atom is 0.185 e. The van der Waals surface area contributed by atoms with Crippen molar-refractivity contribution in [2.75, 3.05) is 24.5 Å². The van der Waals surface area contributed by atoms with E-state index in [1.165, 1.54) is 31.1 Å². The number of hydrogen-bond donors (Lipinski definition) is 1. The fourth-order valence-electron chi connectivity index (χ4n) is 2.58. The molecule has 3 heterocycles. The van der Waals surface area contributed by atoms with Crippen LogP contribution < -0.4 is 10.2 Å². The monoisotopic (exact) mass is 209 g/mol. The fourth-order valence-corrected chi connectivity index (χ4v) is 3.24. The summed E-state index contributed by atoms with van der Waals surface area (Å²) in [6.45, 7) is 3.55. The molecule has 14 heavy (non-hydrogen) atoms. The van der Waals surface area contributed by atoms with Gasteiger partial charge in [0.15, 0.2) is 5.13 Å². The lowest BCUT2D eigenvalue weighted by Crippen LogP contribution is -2.40. The Morgan fingerprint density at radius 2 is 2.50 bits per heavy atom. The number of rotatable bonds is 1. The molecular formula is C10H15N3S. The predicted molar refractivity (Wildman–Crippen MR) is 58.8 cm³/mol. The number of fused-ring (bicyclic) bond motifs is 1. The van der Waals surface area contributed by atoms with E-state index in [0.717, 1.165) is 12.5 Å². The minimum Gasteiger partial charge on any atom is -0.346 e. The number of nitrogens with one attached hydrogen (secondary N) is 1. The summed E-state index contributed by atoms with van der Waals surface area (Å²) in [5.41, 5.74) is 0. The Bertz CT molecular complexity index is 284. The average molecular weight is 209 g/mol. The second-order valence-electron chi connectivity index (χ2n) is 4.18. The molecule has 76 valence electrons. The van der Waals surface area contributed by atoms with Crippen LogP contribution in [-0.4, -0.2) is 30.7 Å². The van der Waals surface area contributed by atoms with Gasteiger partial charge in [-0.3, -0.25) is 0 Å². The minimum atomic E-state index is 0.715. The summed E-state index contributed by atoms with van der Waals surface area (Å²) in [6, 6.07) is 0.715. The minimum absolute atomic E-state index is 0.715. The first kappa shape index (κ1) is 8.68. The van der Waals surface area contributed by atoms with E-state index in [9.17, 15) is 0 Å². The molecule has 2 fully saturated rings. The third-order valence-corrected chi connectivity index (χ3v) is 4.12. The Hall–Kier alpha value is -0.610. The summed E-state index contributed by atoms with van der Waals surface area (Å²) in [5.74, 6) is 0.854. The van der Waals surface area contributed by atoms with Gasteiger partial charge in [-0.1, -0.05) is 0 Å². The molecule has 3 nitrogen and oxygen atoms in total. The highest BCUT2D eigenvalue weighted by atomic mass is 32.1. The number of aromatic nitrogens is 1. The van der Waals surface area contributed by atoms with E-state index >= 15 is 0 Å². The summed E-state index contributed by atoms with van der Waals surface area (Å²) in [5, 5.41) is 6.86. The fraction of sp³-hybridized carbons (Fsp3) is 0.700. The van der Waals surface area contributed by atoms with E-state index in [1.54, 1.807) is 11.3 Å². The number of nitrogens with zero attached hydrogens (tertiary/aromatic N) is 2. The van der Waals surface area contributed by atoms with Crippen molar-refractivity contribution in [3.05, 3.63) is 11.6 Å². The van der Waals surface area contributed by atoms with Crippen LogP contribution in [0.2, 0.25) is 0 Å². The van der Waals surface area contributed by atoms with Gasteiger partial charge >= 0.3 is 0 Å². The zero-order valence-electron chi connectivity index (χ0n) is 8.15. The standard InChI is InChI=1S/C10H15N3S/c1-2-8-6-13(7-9(8)11-3-1)10-12-4-5-14-10/h4-5,8-9,11H,1-3,6-7H2. The molecule has 0 amide bonds. The van der Waals surface area contributed by atoms with Gasteiger partial charge in [0.2, 0.25) is 0 Å². The number of anilines is 1. The summed E-state index contributed by atoms with van der Waals surface area (Å²) in [6.07, 6.45) is 4.63. The van der Waals surface area contributed by atoms with Crippen LogP contribution in [0.1, 0.15) is 12.8 Å². The highest BCUT2D eigenvalue weighted by Gasteiger charge is 2.34. The smallest absolute Gasteiger partial charge is 0.185 e. The van der Waals surface area contributed by atoms with Gasteiger partial charge in [0.05, 0.1) is 0 Å². The molecule has 0 aromatic carbocycles. The number of piperidine rings is 1. The topological polar surface area (TPSA) is 28.2 Å². The van der Waals surface area contributed by atoms with Crippen LogP contribution in [-0.2, 0) is 0 Å². The lowest BCUT2D eigenvalue weighted by molar-refractivity contribution is 0.340. The molecule has 0 aliphatic carbocycles. The summed E-state index contributed by atoms with van der Waals surface area (Å²) in [4.78, 5) is 6.80. The van der Waals surface area contributed by atoms with E-state index in [0.29, 0.717) is 6.04 Å². The van der Waals surface area contributed by atoms with E-state index in [4.69, 9.17) is 0 Å². The van der Waals surface area contributed by atoms with Crippen LogP contribution in [0.15, 0.2) is 11.6 Å². The number of hydrogen-bond acceptors (Lipinski definition) is 4. The van der Waals surface area contributed by atoms with Gasteiger partial charge in [0.1, 0.15) is 0 Å². The highest BCUT2D eigenvalue weighted by molar-refractivity contribution is 7.13. The molecule has 2 aliphatic heterocycles. The molecule has 2 unspecified atom stereocenters. The van der Waals surface area contributed by atoms with Gasteiger partial charge in [-0.05, 0) is 25.3 Å². The first-order valence-electron chi connectivity index (χ1n) is 5.31. The third kappa shape index (κ3) is 1.42. The molecule has 1 N–H and O–H groups in total. The first-order valence-corrected chi connectivity index (χ1v) is 6.19. The Morgan fingerprint density at radius 1 is 1.50 bits per heavy atom. The molecule has 2 atom stereocenters. The Kier molecular flexibility index (Phi) is 2.18. The molecule has 2 aliphatic rings. The average Bonchev–Trinajstić information content (AvgIpc) is 2.86. The molecule has 3 rings (SSSR count). The van der Waals surface area contributed by atoms with Crippen LogP contribution in [0.4, 0.5) is 5.13 Å². The third-order valence-electron chi connectivity index (χ3n) is 3.29. The van der Waals surface area contributed by atoms with E-state index < -0.39 is 0 Å². The van der Waals surface area contributed by atoms with Gasteiger partial charge in [-0.15, -0.1) is 11.3 Å². The molecule has 0 bridgehead atoms. The van der Waals surface area contributed by atoms with Crippen molar-refractivity contribution in [3.8, 4) is 0 Å². The molecular weight excluding hydrogens is 194 g/mol. The second-order valence-corrected chi connectivity index (χ2v) is 5.06. The normalized spacial score (nSPS) is 31.9. The number of thiazole rings is 1. The van der Waals surface area contributed by atoms with Crippen molar-refractivity contribution in [1.82, 2.24) is 10.3 Å². The SMILES string of the molecule is c1csc(N2CC3CCCNC3C2)n1. The largest absolute Gasteiger partial charge is 0.346 e. The van der Waals surface area contributed by atoms with Crippen molar-refractivity contribution in [2.45, 2.75) is 18.9 Å². The van der Waals surface area contributed by atoms with Crippen LogP contribution in [0.3, 0.4) is 0 Å². The lowest BCUT2D eigenvalue weighted by Gasteiger charge is -2.24. The summed E-state index contributed by atoms with van der Waals surface area (Å²) >= 11 is 1.75. The summed E-state index contributed by atoms with van der Waals surface area (Å²) in [7, 11) is 0. The molecule has 1 aromatic heterocycles. The highest BCUT2D eigenvalue weighted by Crippen LogP contribution is 2.29. The van der Waals surface area contributed by atoms with Crippen molar-refractivity contribution < 1.29 is 0 Å². The van der Waals surface area contributed by atoms with Gasteiger partial charge in [-0.25, -0.2) is 4.98 Å². The molecule has 1 aromatic rings. The Balaban J connectivity index is 1.74. The quantitative estimate of drug-likeness (QED) is 0.756. The molecule has 0 saturated carbocycles. The van der Waals surface area contributed by atoms with Gasteiger partial charge in [-0.2, -0.15) is 0 Å². The van der Waals surface area contributed by atoms with Gasteiger partial charge in [0.25, 0.3) is 0 Å². The first-order chi connectivity index (χ1) is 6.93. The molecule has 0 spiro atoms. The van der Waals surface area contributed by atoms with Gasteiger partial charge < -0.3 is 10.2 Å². The van der Waals surface area contributed by atoms with E-state index in [2.05, 4.69) is 20.6 Å². The predicted octanol–water partition coefficient (Wildman–Crippen LogP) is 1.33. The van der Waals surface area contributed by atoms with Crippen LogP contribution >= 0.6 is 11.3 Å². The van der Waals surface area contributed by atoms with E-state index in [1.807, 2.05) is 6.20 Å². The van der Waals surface area contributed by atoms with E-state index in [-0.39, 0.29) is 0 Å². The maximum absolute atomic E-state index is 4.37. The van der Waals surface area contributed by atoms with Crippen LogP contribution in [0.25, 0.3) is 0 Å². The zero-order valence-corrected chi connectivity index (χ0v) is 8.96. The zero-order chi connectivity index (χ0) is 9.38. The maximum atomic E-state index is 4.37. The van der Waals surface area contributed by atoms with Crippen LogP contribution in [0.5, 0.6) is 0 Å². The van der Waals surface area contributed by atoms with Crippen molar-refractivity contribution in [2.24, 2.45) is 5.92 Å². The second kappa shape index (κ2) is 3.51. The lowest BCUT2D eigenvalue weighted by atomic mass is 9.94.